The van der Waals surface area contributed by atoms with Crippen LogP contribution in [0.15, 0.2) is 47.4 Å². The fourth-order valence-corrected chi connectivity index (χ4v) is 6.37. The number of benzene rings is 1. The van der Waals surface area contributed by atoms with Gasteiger partial charge in [0.05, 0.1) is 29.2 Å². The predicted octanol–water partition coefficient (Wildman–Crippen LogP) is 12.5. The maximum absolute atomic E-state index is 12.9. The molecule has 1 aromatic rings. The molecule has 0 atom stereocenters. The van der Waals surface area contributed by atoms with Crippen LogP contribution in [0.1, 0.15) is 202 Å². The number of esters is 2. The summed E-state index contributed by atoms with van der Waals surface area (Å²) in [5.41, 5.74) is -0.290. The average Bonchev–Trinajstić information content (AvgIpc) is 3.10. The van der Waals surface area contributed by atoms with Crippen molar-refractivity contribution in [3.05, 3.63) is 53.6 Å². The van der Waals surface area contributed by atoms with Gasteiger partial charge in [-0.2, -0.15) is 8.42 Å². The van der Waals surface area contributed by atoms with Crippen molar-refractivity contribution >= 4 is 22.1 Å². The van der Waals surface area contributed by atoms with E-state index in [-0.39, 0.29) is 24.3 Å². The molecule has 0 saturated heterocycles. The van der Waals surface area contributed by atoms with Crippen molar-refractivity contribution in [3.63, 3.8) is 0 Å². The first-order chi connectivity index (χ1) is 24.3. The topological polar surface area (TPSA) is 107 Å². The Morgan fingerprint density at radius 2 is 0.860 bits per heavy atom. The highest BCUT2D eigenvalue weighted by Gasteiger charge is 2.23. The summed E-state index contributed by atoms with van der Waals surface area (Å²) in [6, 6.07) is 3.27. The van der Waals surface area contributed by atoms with E-state index in [4.69, 9.17) is 9.47 Å². The zero-order chi connectivity index (χ0) is 36.5. The third kappa shape index (κ3) is 24.7. The molecule has 0 aromatic heterocycles. The van der Waals surface area contributed by atoms with E-state index in [1.54, 1.807) is 0 Å². The molecule has 0 fully saturated rings. The highest BCUT2D eigenvalue weighted by atomic mass is 32.2. The largest absolute Gasteiger partial charge is 0.462 e. The highest BCUT2D eigenvalue weighted by Crippen LogP contribution is 2.20. The van der Waals surface area contributed by atoms with E-state index in [0.29, 0.717) is 12.8 Å². The van der Waals surface area contributed by atoms with Crippen LogP contribution in [-0.4, -0.2) is 38.1 Å². The van der Waals surface area contributed by atoms with Crippen molar-refractivity contribution in [2.45, 2.75) is 186 Å². The summed E-state index contributed by atoms with van der Waals surface area (Å²) >= 11 is 0. The second-order valence-corrected chi connectivity index (χ2v) is 15.0. The molecule has 286 valence electrons. The summed E-state index contributed by atoms with van der Waals surface area (Å²) in [5.74, 6) is -1.52. The molecule has 0 aliphatic heterocycles. The van der Waals surface area contributed by atoms with Crippen molar-refractivity contribution in [3.8, 4) is 0 Å². The van der Waals surface area contributed by atoms with Crippen LogP contribution in [0.25, 0.3) is 0 Å². The molecule has 0 spiro atoms. The SMILES string of the molecule is CCCCCCCC/C=C/CCCCCCCOC(=O)c1ccc(S(=O)(=O)O)cc1C(=O)OCCCCCCC/C=C/CCCCCCCC. The Labute approximate surface area is 305 Å². The van der Waals surface area contributed by atoms with Crippen LogP contribution in [-0.2, 0) is 19.6 Å². The molecule has 0 aliphatic carbocycles. The number of carbonyl (C=O) groups is 2. The lowest BCUT2D eigenvalue weighted by molar-refractivity contribution is 0.0450. The van der Waals surface area contributed by atoms with E-state index in [9.17, 15) is 22.6 Å². The monoisotopic (exact) mass is 718 g/mol. The second-order valence-electron chi connectivity index (χ2n) is 13.6. The lowest BCUT2D eigenvalue weighted by Crippen LogP contribution is -2.16. The fraction of sp³-hybridized carbons (Fsp3) is 0.714. The molecule has 0 bridgehead atoms. The molecule has 1 aromatic carbocycles. The molecular weight excluding hydrogens is 649 g/mol. The Hall–Kier alpha value is -2.45. The van der Waals surface area contributed by atoms with Crippen LogP contribution in [0.5, 0.6) is 0 Å². The van der Waals surface area contributed by atoms with Gasteiger partial charge in [0.25, 0.3) is 10.1 Å². The van der Waals surface area contributed by atoms with Gasteiger partial charge in [-0.1, -0.05) is 141 Å². The molecule has 0 amide bonds. The standard InChI is InChI=1S/C42H70O7S/c1-3-5-7-9-11-13-15-17-19-21-23-25-27-29-31-35-48-41(43)39-34-33-38(50(45,46)47)37-40(39)42(44)49-36-32-30-28-26-24-22-20-18-16-14-12-10-8-6-4-2/h17-20,33-34,37H,3-16,21-32,35-36H2,1-2H3,(H,45,46,47)/b19-17+,20-18+. The Morgan fingerprint density at radius 1 is 0.520 bits per heavy atom. The zero-order valence-corrected chi connectivity index (χ0v) is 32.5. The van der Waals surface area contributed by atoms with Gasteiger partial charge in [0, 0.05) is 0 Å². The smallest absolute Gasteiger partial charge is 0.339 e. The maximum Gasteiger partial charge on any atom is 0.339 e. The van der Waals surface area contributed by atoms with Crippen LogP contribution in [0.3, 0.4) is 0 Å². The van der Waals surface area contributed by atoms with Gasteiger partial charge < -0.3 is 9.47 Å². The van der Waals surface area contributed by atoms with Crippen molar-refractivity contribution in [1.82, 2.24) is 0 Å². The van der Waals surface area contributed by atoms with Crippen LogP contribution >= 0.6 is 0 Å². The van der Waals surface area contributed by atoms with Crippen molar-refractivity contribution in [1.29, 1.82) is 0 Å². The molecule has 0 aliphatic rings. The maximum atomic E-state index is 12.9. The Morgan fingerprint density at radius 3 is 1.24 bits per heavy atom. The van der Waals surface area contributed by atoms with Crippen LogP contribution < -0.4 is 0 Å². The third-order valence-electron chi connectivity index (χ3n) is 9.01. The number of hydrogen-bond donors (Lipinski definition) is 1. The molecule has 8 heteroatoms. The number of allylic oxidation sites excluding steroid dienone is 4. The third-order valence-corrected chi connectivity index (χ3v) is 9.86. The normalized spacial score (nSPS) is 11.9. The summed E-state index contributed by atoms with van der Waals surface area (Å²) in [4.78, 5) is 25.3. The molecular formula is C42H70O7S. The minimum Gasteiger partial charge on any atom is -0.462 e. The first kappa shape index (κ1) is 45.6. The number of unbranched alkanes of at least 4 members (excludes halogenated alkanes) is 22. The van der Waals surface area contributed by atoms with E-state index in [1.807, 2.05) is 0 Å². The van der Waals surface area contributed by atoms with Gasteiger partial charge in [0.1, 0.15) is 0 Å². The zero-order valence-electron chi connectivity index (χ0n) is 31.6. The number of carbonyl (C=O) groups excluding carboxylic acids is 2. The Bertz CT molecular complexity index is 1170. The molecule has 0 radical (unpaired) electrons. The van der Waals surface area contributed by atoms with E-state index < -0.39 is 27.0 Å². The summed E-state index contributed by atoms with van der Waals surface area (Å²) in [6.45, 7) is 4.86. The van der Waals surface area contributed by atoms with Gasteiger partial charge in [0.15, 0.2) is 0 Å². The second kappa shape index (κ2) is 31.3. The van der Waals surface area contributed by atoms with Crippen LogP contribution in [0.4, 0.5) is 0 Å². The molecule has 0 saturated carbocycles. The highest BCUT2D eigenvalue weighted by molar-refractivity contribution is 7.85. The van der Waals surface area contributed by atoms with Gasteiger partial charge >= 0.3 is 11.9 Å². The average molecular weight is 719 g/mol. The Balaban J connectivity index is 2.30. The summed E-state index contributed by atoms with van der Waals surface area (Å²) in [5, 5.41) is 0. The molecule has 7 nitrogen and oxygen atoms in total. The minimum atomic E-state index is -4.57. The number of ether oxygens (including phenoxy) is 2. The van der Waals surface area contributed by atoms with E-state index in [1.165, 1.54) is 96.0 Å². The molecule has 1 rings (SSSR count). The van der Waals surface area contributed by atoms with Gasteiger partial charge in [-0.25, -0.2) is 9.59 Å². The van der Waals surface area contributed by atoms with Crippen LogP contribution in [0.2, 0.25) is 0 Å². The first-order valence-electron chi connectivity index (χ1n) is 20.1. The van der Waals surface area contributed by atoms with Gasteiger partial charge in [-0.3, -0.25) is 4.55 Å². The van der Waals surface area contributed by atoms with E-state index in [0.717, 1.165) is 76.3 Å². The first-order valence-corrected chi connectivity index (χ1v) is 21.5. The lowest BCUT2D eigenvalue weighted by Gasteiger charge is -2.11. The van der Waals surface area contributed by atoms with Crippen molar-refractivity contribution < 1.29 is 32.0 Å². The number of hydrogen-bond acceptors (Lipinski definition) is 6. The Kier molecular flexibility index (Phi) is 28.5. The van der Waals surface area contributed by atoms with Gasteiger partial charge in [-0.15, -0.1) is 0 Å². The molecule has 1 N–H and O–H groups in total. The molecule has 50 heavy (non-hydrogen) atoms. The van der Waals surface area contributed by atoms with Crippen molar-refractivity contribution in [2.24, 2.45) is 0 Å². The quantitative estimate of drug-likeness (QED) is 0.0333. The summed E-state index contributed by atoms with van der Waals surface area (Å²) in [7, 11) is -4.57. The molecule has 0 unspecified atom stereocenters. The van der Waals surface area contributed by atoms with Crippen molar-refractivity contribution in [2.75, 3.05) is 13.2 Å². The molecule has 0 heterocycles. The lowest BCUT2D eigenvalue weighted by atomic mass is 10.1. The summed E-state index contributed by atoms with van der Waals surface area (Å²) in [6.07, 6.45) is 39.5. The van der Waals surface area contributed by atoms with Gasteiger partial charge in [-0.05, 0) is 82.4 Å². The summed E-state index contributed by atoms with van der Waals surface area (Å²) < 4.78 is 43.8. The van der Waals surface area contributed by atoms with E-state index in [2.05, 4.69) is 38.2 Å². The van der Waals surface area contributed by atoms with Crippen LogP contribution in [0, 0.1) is 0 Å². The number of rotatable bonds is 33. The predicted molar refractivity (Wildman–Crippen MR) is 206 cm³/mol. The van der Waals surface area contributed by atoms with Gasteiger partial charge in [0.2, 0.25) is 0 Å². The van der Waals surface area contributed by atoms with E-state index >= 15 is 0 Å². The fourth-order valence-electron chi connectivity index (χ4n) is 5.86. The minimum absolute atomic E-state index is 0.0697.